The lowest BCUT2D eigenvalue weighted by Crippen LogP contribution is -2.29. The number of carbonyl (C=O) groups is 2. The molecule has 134 valence electrons. The van der Waals surface area contributed by atoms with Crippen molar-refractivity contribution in [1.82, 2.24) is 0 Å². The smallest absolute Gasteiger partial charge is 0.328 e. The first kappa shape index (κ1) is 18.0. The average molecular weight is 371 g/mol. The van der Waals surface area contributed by atoms with Crippen molar-refractivity contribution in [3.05, 3.63) is 65.2 Å². The van der Waals surface area contributed by atoms with Gasteiger partial charge < -0.3 is 15.4 Å². The zero-order chi connectivity index (χ0) is 18.5. The lowest BCUT2D eigenvalue weighted by atomic mass is 9.99. The fourth-order valence-electron chi connectivity index (χ4n) is 2.94. The van der Waals surface area contributed by atoms with E-state index in [0.717, 1.165) is 16.8 Å². The van der Waals surface area contributed by atoms with E-state index in [9.17, 15) is 9.59 Å². The molecule has 0 radical (unpaired) electrons. The van der Waals surface area contributed by atoms with Crippen LogP contribution in [0.15, 0.2) is 54.6 Å². The Balaban J connectivity index is 1.89. The Morgan fingerprint density at radius 1 is 1.23 bits per heavy atom. The van der Waals surface area contributed by atoms with E-state index < -0.39 is 6.04 Å². The number of rotatable bonds is 3. The summed E-state index contributed by atoms with van der Waals surface area (Å²) in [6.07, 6.45) is 2.65. The molecule has 0 aromatic heterocycles. The number of esters is 1. The summed E-state index contributed by atoms with van der Waals surface area (Å²) in [5.74, 6) is -0.561. The summed E-state index contributed by atoms with van der Waals surface area (Å²) in [7, 11) is 1.36. The lowest BCUT2D eigenvalue weighted by molar-refractivity contribution is -0.141. The van der Waals surface area contributed by atoms with Gasteiger partial charge in [-0.1, -0.05) is 35.9 Å². The number of methoxy groups -OCH3 is 1. The summed E-state index contributed by atoms with van der Waals surface area (Å²) < 4.78 is 4.85. The van der Waals surface area contributed by atoms with Crippen LogP contribution in [0.5, 0.6) is 0 Å². The Labute approximate surface area is 157 Å². The highest BCUT2D eigenvalue weighted by Gasteiger charge is 2.25. The molecule has 0 fully saturated rings. The maximum atomic E-state index is 12.4. The van der Waals surface area contributed by atoms with Gasteiger partial charge in [0.2, 0.25) is 5.91 Å². The predicted molar refractivity (Wildman–Crippen MR) is 103 cm³/mol. The largest absolute Gasteiger partial charge is 0.467 e. The summed E-state index contributed by atoms with van der Waals surface area (Å²) in [5, 5.41) is 6.57. The zero-order valence-corrected chi connectivity index (χ0v) is 15.0. The number of hydrogen-bond acceptors (Lipinski definition) is 4. The molecule has 2 N–H and O–H groups in total. The zero-order valence-electron chi connectivity index (χ0n) is 14.3. The Morgan fingerprint density at radius 2 is 2.00 bits per heavy atom. The first-order valence-corrected chi connectivity index (χ1v) is 8.65. The molecule has 2 aromatic rings. The summed E-state index contributed by atoms with van der Waals surface area (Å²) in [5.41, 5.74) is 3.13. The molecule has 1 atom stereocenters. The Bertz CT molecular complexity index is 849. The van der Waals surface area contributed by atoms with Gasteiger partial charge in [-0.05, 0) is 42.7 Å². The van der Waals surface area contributed by atoms with E-state index >= 15 is 0 Å². The van der Waals surface area contributed by atoms with Crippen LogP contribution in [0.2, 0.25) is 5.02 Å². The molecule has 0 saturated heterocycles. The quantitative estimate of drug-likeness (QED) is 0.630. The molecular formula is C20H19ClN2O3. The Hall–Kier alpha value is -2.79. The van der Waals surface area contributed by atoms with Crippen molar-refractivity contribution >= 4 is 40.4 Å². The molecule has 1 heterocycles. The number of halogens is 1. The Morgan fingerprint density at radius 3 is 2.73 bits per heavy atom. The molecule has 0 saturated carbocycles. The summed E-state index contributed by atoms with van der Waals surface area (Å²) in [4.78, 5) is 24.4. The van der Waals surface area contributed by atoms with Crippen LogP contribution in [0.25, 0.3) is 5.57 Å². The monoisotopic (exact) mass is 370 g/mol. The first-order valence-electron chi connectivity index (χ1n) is 8.27. The minimum atomic E-state index is -0.486. The van der Waals surface area contributed by atoms with Crippen LogP contribution in [-0.4, -0.2) is 25.0 Å². The third-order valence-electron chi connectivity index (χ3n) is 4.19. The molecule has 2 aromatic carbocycles. The van der Waals surface area contributed by atoms with E-state index in [4.69, 9.17) is 16.3 Å². The summed E-state index contributed by atoms with van der Waals surface area (Å²) in [6.45, 7) is 0. The van der Waals surface area contributed by atoms with Crippen LogP contribution < -0.4 is 10.6 Å². The molecule has 0 aliphatic carbocycles. The van der Waals surface area contributed by atoms with Crippen LogP contribution in [0.1, 0.15) is 18.4 Å². The van der Waals surface area contributed by atoms with Crippen molar-refractivity contribution < 1.29 is 14.3 Å². The number of para-hydroxylation sites is 1. The van der Waals surface area contributed by atoms with Crippen LogP contribution in [0.4, 0.5) is 11.4 Å². The van der Waals surface area contributed by atoms with E-state index in [0.29, 0.717) is 23.6 Å². The molecule has 1 aliphatic rings. The summed E-state index contributed by atoms with van der Waals surface area (Å²) >= 11 is 6.10. The fourth-order valence-corrected chi connectivity index (χ4v) is 3.11. The van der Waals surface area contributed by atoms with Crippen LogP contribution in [0, 0.1) is 0 Å². The molecule has 6 heteroatoms. The highest BCUT2D eigenvalue weighted by Crippen LogP contribution is 2.34. The average Bonchev–Trinajstić information content (AvgIpc) is 2.81. The number of fused-ring (bicyclic) bond motifs is 1. The second-order valence-corrected chi connectivity index (χ2v) is 6.41. The standard InChI is InChI=1S/C20H19ClN2O3/c1-26-20(25)17-10-7-13(16-9-8-14(21)12-18(16)23-17)11-19(24)22-15-5-3-2-4-6-15/h2-6,8-9,11-12,17,23H,7,10H2,1H3,(H,22,24)/b13-11+/t17-/m0/s1. The van der Waals surface area contributed by atoms with E-state index in [-0.39, 0.29) is 11.9 Å². The van der Waals surface area contributed by atoms with Crippen molar-refractivity contribution in [2.45, 2.75) is 18.9 Å². The van der Waals surface area contributed by atoms with Gasteiger partial charge in [0, 0.05) is 28.0 Å². The number of anilines is 2. The SMILES string of the molecule is COC(=O)[C@@H]1CC/C(=C\C(=O)Nc2ccccc2)c2ccc(Cl)cc2N1. The number of benzene rings is 2. The molecule has 0 unspecified atom stereocenters. The van der Waals surface area contributed by atoms with Gasteiger partial charge in [-0.3, -0.25) is 4.79 Å². The minimum absolute atomic E-state index is 0.219. The normalized spacial score (nSPS) is 17.6. The van der Waals surface area contributed by atoms with Crippen molar-refractivity contribution in [2.75, 3.05) is 17.7 Å². The molecule has 0 spiro atoms. The van der Waals surface area contributed by atoms with Gasteiger partial charge >= 0.3 is 5.97 Å². The number of hydrogen-bond donors (Lipinski definition) is 2. The number of ether oxygens (including phenoxy) is 1. The number of allylic oxidation sites excluding steroid dienone is 1. The van der Waals surface area contributed by atoms with Crippen molar-refractivity contribution in [1.29, 1.82) is 0 Å². The van der Waals surface area contributed by atoms with E-state index in [1.165, 1.54) is 7.11 Å². The topological polar surface area (TPSA) is 67.4 Å². The number of nitrogens with one attached hydrogen (secondary N) is 2. The van der Waals surface area contributed by atoms with Gasteiger partial charge in [0.1, 0.15) is 6.04 Å². The molecule has 3 rings (SSSR count). The third-order valence-corrected chi connectivity index (χ3v) is 4.43. The van der Waals surface area contributed by atoms with E-state index in [2.05, 4.69) is 10.6 Å². The highest BCUT2D eigenvalue weighted by atomic mass is 35.5. The molecule has 0 bridgehead atoms. The van der Waals surface area contributed by atoms with Crippen LogP contribution in [-0.2, 0) is 14.3 Å². The molecule has 1 aliphatic heterocycles. The number of carbonyl (C=O) groups excluding carboxylic acids is 2. The van der Waals surface area contributed by atoms with Gasteiger partial charge in [-0.2, -0.15) is 0 Å². The molecule has 1 amide bonds. The lowest BCUT2D eigenvalue weighted by Gasteiger charge is -2.15. The third kappa shape index (κ3) is 4.24. The Kier molecular flexibility index (Phi) is 5.58. The van der Waals surface area contributed by atoms with Gasteiger partial charge in [0.25, 0.3) is 0 Å². The van der Waals surface area contributed by atoms with Gasteiger partial charge in [-0.25, -0.2) is 4.79 Å². The second kappa shape index (κ2) is 8.06. The highest BCUT2D eigenvalue weighted by molar-refractivity contribution is 6.31. The van der Waals surface area contributed by atoms with E-state index in [1.54, 1.807) is 18.2 Å². The first-order chi connectivity index (χ1) is 12.6. The summed E-state index contributed by atoms with van der Waals surface area (Å²) in [6, 6.07) is 14.1. The van der Waals surface area contributed by atoms with Crippen molar-refractivity contribution in [2.24, 2.45) is 0 Å². The maximum Gasteiger partial charge on any atom is 0.328 e. The molecular weight excluding hydrogens is 352 g/mol. The van der Waals surface area contributed by atoms with Gasteiger partial charge in [-0.15, -0.1) is 0 Å². The second-order valence-electron chi connectivity index (χ2n) is 5.97. The van der Waals surface area contributed by atoms with E-state index in [1.807, 2.05) is 36.4 Å². The van der Waals surface area contributed by atoms with Crippen molar-refractivity contribution in [3.63, 3.8) is 0 Å². The maximum absolute atomic E-state index is 12.4. The molecule has 26 heavy (non-hydrogen) atoms. The van der Waals surface area contributed by atoms with Crippen LogP contribution >= 0.6 is 11.6 Å². The van der Waals surface area contributed by atoms with Crippen molar-refractivity contribution in [3.8, 4) is 0 Å². The predicted octanol–water partition coefficient (Wildman–Crippen LogP) is 4.11. The van der Waals surface area contributed by atoms with Gasteiger partial charge in [0.05, 0.1) is 7.11 Å². The number of amides is 1. The van der Waals surface area contributed by atoms with Crippen LogP contribution in [0.3, 0.4) is 0 Å². The minimum Gasteiger partial charge on any atom is -0.467 e. The van der Waals surface area contributed by atoms with Gasteiger partial charge in [0.15, 0.2) is 0 Å². The fraction of sp³-hybridized carbons (Fsp3) is 0.200. The molecule has 5 nitrogen and oxygen atoms in total.